The van der Waals surface area contributed by atoms with Crippen LogP contribution < -0.4 is 0 Å². The Balaban J connectivity index is 2.63. The molecule has 56 valence electrons. The Labute approximate surface area is 63.6 Å². The zero-order chi connectivity index (χ0) is 7.40. The van der Waals surface area contributed by atoms with Crippen LogP contribution in [0.5, 0.6) is 0 Å². The summed E-state index contributed by atoms with van der Waals surface area (Å²) in [5.74, 6) is 0. The third-order valence-corrected chi connectivity index (χ3v) is 2.25. The van der Waals surface area contributed by atoms with E-state index in [0.717, 1.165) is 0 Å². The monoisotopic (exact) mass is 136 g/mol. The summed E-state index contributed by atoms with van der Waals surface area (Å²) in [6, 6.07) is 0. The van der Waals surface area contributed by atoms with Gasteiger partial charge in [-0.05, 0) is 25.7 Å². The molecule has 0 saturated heterocycles. The van der Waals surface area contributed by atoms with Crippen molar-refractivity contribution in [2.45, 2.75) is 39.5 Å². The van der Waals surface area contributed by atoms with Crippen LogP contribution in [0.1, 0.15) is 39.5 Å². The Morgan fingerprint density at radius 2 is 1.70 bits per heavy atom. The summed E-state index contributed by atoms with van der Waals surface area (Å²) in [6.45, 7) is 4.51. The van der Waals surface area contributed by atoms with Gasteiger partial charge in [0.25, 0.3) is 0 Å². The zero-order valence-electron chi connectivity index (χ0n) is 6.98. The summed E-state index contributed by atoms with van der Waals surface area (Å²) in [5.41, 5.74) is 3.34. The first-order valence-corrected chi connectivity index (χ1v) is 4.23. The Hall–Kier alpha value is -0.520. The molecule has 0 fully saturated rings. The number of hydrogen-bond donors (Lipinski definition) is 0. The SMILES string of the molecule is CCC(CC)=C1CC=CC1. The van der Waals surface area contributed by atoms with Gasteiger partial charge in [0.15, 0.2) is 0 Å². The van der Waals surface area contributed by atoms with Crippen molar-refractivity contribution < 1.29 is 0 Å². The highest BCUT2D eigenvalue weighted by Gasteiger charge is 2.04. The second-order valence-electron chi connectivity index (χ2n) is 2.79. The van der Waals surface area contributed by atoms with Crippen LogP contribution in [-0.4, -0.2) is 0 Å². The topological polar surface area (TPSA) is 0 Å². The highest BCUT2D eigenvalue weighted by Crippen LogP contribution is 2.24. The van der Waals surface area contributed by atoms with Crippen molar-refractivity contribution >= 4 is 0 Å². The van der Waals surface area contributed by atoms with E-state index in [1.165, 1.54) is 25.7 Å². The average molecular weight is 136 g/mol. The van der Waals surface area contributed by atoms with Crippen molar-refractivity contribution in [3.8, 4) is 0 Å². The van der Waals surface area contributed by atoms with Crippen LogP contribution in [-0.2, 0) is 0 Å². The number of rotatable bonds is 2. The number of allylic oxidation sites excluding steroid dienone is 4. The molecule has 0 amide bonds. The van der Waals surface area contributed by atoms with Crippen molar-refractivity contribution in [3.05, 3.63) is 23.3 Å². The fourth-order valence-corrected chi connectivity index (χ4v) is 1.57. The fourth-order valence-electron chi connectivity index (χ4n) is 1.57. The lowest BCUT2D eigenvalue weighted by molar-refractivity contribution is 0.922. The van der Waals surface area contributed by atoms with Crippen molar-refractivity contribution in [2.75, 3.05) is 0 Å². The lowest BCUT2D eigenvalue weighted by atomic mass is 10.0. The van der Waals surface area contributed by atoms with Gasteiger partial charge in [-0.2, -0.15) is 0 Å². The van der Waals surface area contributed by atoms with Crippen LogP contribution in [0.15, 0.2) is 23.3 Å². The summed E-state index contributed by atoms with van der Waals surface area (Å²) in [5, 5.41) is 0. The van der Waals surface area contributed by atoms with Crippen molar-refractivity contribution in [1.82, 2.24) is 0 Å². The molecule has 0 atom stereocenters. The molecular weight excluding hydrogens is 120 g/mol. The summed E-state index contributed by atoms with van der Waals surface area (Å²) in [4.78, 5) is 0. The largest absolute Gasteiger partial charge is 0.0841 e. The molecule has 0 aliphatic heterocycles. The van der Waals surface area contributed by atoms with E-state index in [9.17, 15) is 0 Å². The first kappa shape index (κ1) is 7.59. The maximum absolute atomic E-state index is 2.28. The number of hydrogen-bond acceptors (Lipinski definition) is 0. The lowest BCUT2D eigenvalue weighted by Crippen LogP contribution is -1.84. The van der Waals surface area contributed by atoms with Gasteiger partial charge in [0, 0.05) is 0 Å². The maximum atomic E-state index is 2.28. The van der Waals surface area contributed by atoms with Crippen LogP contribution in [0.4, 0.5) is 0 Å². The van der Waals surface area contributed by atoms with Gasteiger partial charge < -0.3 is 0 Å². The van der Waals surface area contributed by atoms with E-state index in [0.29, 0.717) is 0 Å². The minimum absolute atomic E-state index is 1.22. The standard InChI is InChI=1S/C10H16/c1-3-9(4-2)10-7-5-6-8-10/h5-6H,3-4,7-8H2,1-2H3. The third kappa shape index (κ3) is 1.50. The Kier molecular flexibility index (Phi) is 2.73. The van der Waals surface area contributed by atoms with E-state index in [1.54, 1.807) is 11.1 Å². The van der Waals surface area contributed by atoms with Gasteiger partial charge in [-0.3, -0.25) is 0 Å². The van der Waals surface area contributed by atoms with Crippen LogP contribution >= 0.6 is 0 Å². The van der Waals surface area contributed by atoms with Crippen LogP contribution in [0.25, 0.3) is 0 Å². The molecule has 1 aliphatic carbocycles. The maximum Gasteiger partial charge on any atom is -0.0133 e. The van der Waals surface area contributed by atoms with Crippen LogP contribution in [0, 0.1) is 0 Å². The molecule has 0 unspecified atom stereocenters. The van der Waals surface area contributed by atoms with E-state index in [-0.39, 0.29) is 0 Å². The minimum atomic E-state index is 1.22. The quantitative estimate of drug-likeness (QED) is 0.510. The first-order valence-electron chi connectivity index (χ1n) is 4.23. The van der Waals surface area contributed by atoms with Gasteiger partial charge in [0.2, 0.25) is 0 Å². The molecule has 0 saturated carbocycles. The zero-order valence-corrected chi connectivity index (χ0v) is 6.98. The summed E-state index contributed by atoms with van der Waals surface area (Å²) in [7, 11) is 0. The Morgan fingerprint density at radius 1 is 1.20 bits per heavy atom. The van der Waals surface area contributed by atoms with E-state index >= 15 is 0 Å². The molecule has 1 rings (SSSR count). The first-order chi connectivity index (χ1) is 4.88. The predicted molar refractivity (Wildman–Crippen MR) is 46.0 cm³/mol. The highest BCUT2D eigenvalue weighted by atomic mass is 14.1. The van der Waals surface area contributed by atoms with Gasteiger partial charge >= 0.3 is 0 Å². The predicted octanol–water partition coefficient (Wildman–Crippen LogP) is 3.45. The van der Waals surface area contributed by atoms with Gasteiger partial charge in [-0.25, -0.2) is 0 Å². The van der Waals surface area contributed by atoms with Crippen molar-refractivity contribution in [1.29, 1.82) is 0 Å². The fraction of sp³-hybridized carbons (Fsp3) is 0.600. The molecule has 0 nitrogen and oxygen atoms in total. The third-order valence-electron chi connectivity index (χ3n) is 2.25. The van der Waals surface area contributed by atoms with Crippen molar-refractivity contribution in [2.24, 2.45) is 0 Å². The van der Waals surface area contributed by atoms with Gasteiger partial charge in [0.05, 0.1) is 0 Å². The molecule has 0 aromatic rings. The molecule has 0 spiro atoms. The molecule has 0 heterocycles. The molecule has 0 N–H and O–H groups in total. The molecule has 10 heavy (non-hydrogen) atoms. The van der Waals surface area contributed by atoms with Gasteiger partial charge in [-0.15, -0.1) is 0 Å². The Bertz CT molecular complexity index is 145. The van der Waals surface area contributed by atoms with Crippen molar-refractivity contribution in [3.63, 3.8) is 0 Å². The summed E-state index contributed by atoms with van der Waals surface area (Å²) < 4.78 is 0. The molecule has 1 aliphatic rings. The molecule has 0 bridgehead atoms. The van der Waals surface area contributed by atoms with Gasteiger partial charge in [0.1, 0.15) is 0 Å². The summed E-state index contributed by atoms with van der Waals surface area (Å²) in [6.07, 6.45) is 9.48. The molecule has 0 radical (unpaired) electrons. The molecule has 0 aromatic carbocycles. The van der Waals surface area contributed by atoms with E-state index in [4.69, 9.17) is 0 Å². The van der Waals surface area contributed by atoms with E-state index < -0.39 is 0 Å². The van der Waals surface area contributed by atoms with Crippen LogP contribution in [0.2, 0.25) is 0 Å². The van der Waals surface area contributed by atoms with E-state index in [1.807, 2.05) is 0 Å². The van der Waals surface area contributed by atoms with E-state index in [2.05, 4.69) is 26.0 Å². The smallest absolute Gasteiger partial charge is 0.0133 e. The second kappa shape index (κ2) is 3.60. The average Bonchev–Trinajstić information content (AvgIpc) is 2.43. The molecular formula is C10H16. The second-order valence-corrected chi connectivity index (χ2v) is 2.79. The van der Waals surface area contributed by atoms with Crippen LogP contribution in [0.3, 0.4) is 0 Å². The minimum Gasteiger partial charge on any atom is -0.0841 e. The summed E-state index contributed by atoms with van der Waals surface area (Å²) >= 11 is 0. The molecule has 0 aromatic heterocycles. The molecule has 0 heteroatoms. The van der Waals surface area contributed by atoms with Gasteiger partial charge in [-0.1, -0.05) is 37.1 Å². The highest BCUT2D eigenvalue weighted by molar-refractivity contribution is 5.24. The lowest BCUT2D eigenvalue weighted by Gasteiger charge is -2.04. The Morgan fingerprint density at radius 3 is 2.10 bits per heavy atom. The normalized spacial score (nSPS) is 16.4.